The summed E-state index contributed by atoms with van der Waals surface area (Å²) in [4.78, 5) is 14.2. The van der Waals surface area contributed by atoms with E-state index in [4.69, 9.17) is 4.74 Å². The molecule has 0 fully saturated rings. The largest absolute Gasteiger partial charge is 0.466 e. The third kappa shape index (κ3) is 3.62. The molecule has 0 N–H and O–H groups in total. The number of fused-ring (bicyclic) bond motifs is 1. The van der Waals surface area contributed by atoms with Crippen LogP contribution in [0.5, 0.6) is 0 Å². The quantitative estimate of drug-likeness (QED) is 0.781. The van der Waals surface area contributed by atoms with Crippen molar-refractivity contribution >= 4 is 17.2 Å². The number of anilines is 1. The van der Waals surface area contributed by atoms with Crippen molar-refractivity contribution in [3.05, 3.63) is 71.9 Å². The smallest absolute Gasteiger partial charge is 0.310 e. The predicted octanol–water partition coefficient (Wildman–Crippen LogP) is 4.04. The Bertz CT molecular complexity index is 707. The molecule has 0 unspecified atom stereocenters. The third-order valence-corrected chi connectivity index (χ3v) is 4.02. The van der Waals surface area contributed by atoms with Gasteiger partial charge in [0.2, 0.25) is 0 Å². The van der Waals surface area contributed by atoms with Crippen molar-refractivity contribution in [1.29, 1.82) is 0 Å². The van der Waals surface area contributed by atoms with Crippen LogP contribution < -0.4 is 4.90 Å². The lowest BCUT2D eigenvalue weighted by molar-refractivity contribution is -0.141. The van der Waals surface area contributed by atoms with E-state index >= 15 is 0 Å². The van der Waals surface area contributed by atoms with E-state index in [9.17, 15) is 4.79 Å². The fourth-order valence-electron chi connectivity index (χ4n) is 2.93. The number of rotatable bonds is 5. The number of carbonyl (C=O) groups excluding carboxylic acids is 1. The summed E-state index contributed by atoms with van der Waals surface area (Å²) in [5.41, 5.74) is 4.63. The molecule has 0 amide bonds. The second kappa shape index (κ2) is 7.14. The molecule has 0 bridgehead atoms. The van der Waals surface area contributed by atoms with Gasteiger partial charge in [0.05, 0.1) is 13.0 Å². The standard InChI is InChI=1S/C20H21NO2/c1-2-23-20(22)14-18(16-8-4-3-5-9-16)15-21-13-12-17-10-6-7-11-19(17)21/h3-11,15H,2,12-14H2,1H3/b18-15+. The first-order valence-corrected chi connectivity index (χ1v) is 8.04. The van der Waals surface area contributed by atoms with Crippen LogP contribution in [0.1, 0.15) is 24.5 Å². The fourth-order valence-corrected chi connectivity index (χ4v) is 2.93. The Kier molecular flexibility index (Phi) is 4.77. The van der Waals surface area contributed by atoms with Crippen LogP contribution in [-0.4, -0.2) is 19.1 Å². The Morgan fingerprint density at radius 2 is 1.87 bits per heavy atom. The van der Waals surface area contributed by atoms with Crippen molar-refractivity contribution in [3.8, 4) is 0 Å². The second-order valence-electron chi connectivity index (χ2n) is 5.57. The molecular formula is C20H21NO2. The molecule has 3 heteroatoms. The van der Waals surface area contributed by atoms with Crippen LogP contribution in [0.3, 0.4) is 0 Å². The SMILES string of the molecule is CCOC(=O)C/C(=C\N1CCc2ccccc21)c1ccccc1. The van der Waals surface area contributed by atoms with Crippen molar-refractivity contribution in [1.82, 2.24) is 0 Å². The summed E-state index contributed by atoms with van der Waals surface area (Å²) in [7, 11) is 0. The van der Waals surface area contributed by atoms with Crippen LogP contribution in [-0.2, 0) is 16.0 Å². The molecular weight excluding hydrogens is 286 g/mol. The maximum Gasteiger partial charge on any atom is 0.310 e. The number of ether oxygens (including phenoxy) is 1. The van der Waals surface area contributed by atoms with Crippen molar-refractivity contribution in [3.63, 3.8) is 0 Å². The van der Waals surface area contributed by atoms with Gasteiger partial charge in [0.25, 0.3) is 0 Å². The lowest BCUT2D eigenvalue weighted by Gasteiger charge is -2.17. The topological polar surface area (TPSA) is 29.5 Å². The molecule has 0 radical (unpaired) electrons. The van der Waals surface area contributed by atoms with E-state index in [-0.39, 0.29) is 12.4 Å². The van der Waals surface area contributed by atoms with E-state index in [1.165, 1.54) is 11.3 Å². The third-order valence-electron chi connectivity index (χ3n) is 4.02. The number of nitrogens with zero attached hydrogens (tertiary/aromatic N) is 1. The molecule has 3 rings (SSSR count). The van der Waals surface area contributed by atoms with Gasteiger partial charge in [-0.05, 0) is 36.1 Å². The van der Waals surface area contributed by atoms with Gasteiger partial charge in [0, 0.05) is 18.4 Å². The van der Waals surface area contributed by atoms with Crippen molar-refractivity contribution in [2.24, 2.45) is 0 Å². The average Bonchev–Trinajstić information content (AvgIpc) is 2.98. The monoisotopic (exact) mass is 307 g/mol. The van der Waals surface area contributed by atoms with Gasteiger partial charge in [0.1, 0.15) is 0 Å². The van der Waals surface area contributed by atoms with E-state index in [1.54, 1.807) is 0 Å². The average molecular weight is 307 g/mol. The van der Waals surface area contributed by atoms with Gasteiger partial charge >= 0.3 is 5.97 Å². The molecule has 0 saturated heterocycles. The fraction of sp³-hybridized carbons (Fsp3) is 0.250. The van der Waals surface area contributed by atoms with Gasteiger partial charge in [-0.25, -0.2) is 0 Å². The van der Waals surface area contributed by atoms with E-state index in [1.807, 2.05) is 37.3 Å². The van der Waals surface area contributed by atoms with Crippen molar-refractivity contribution in [2.75, 3.05) is 18.1 Å². The van der Waals surface area contributed by atoms with Crippen molar-refractivity contribution in [2.45, 2.75) is 19.8 Å². The number of hydrogen-bond acceptors (Lipinski definition) is 3. The number of carbonyl (C=O) groups is 1. The molecule has 1 aliphatic rings. The van der Waals surface area contributed by atoms with Gasteiger partial charge in [0.15, 0.2) is 0 Å². The molecule has 1 heterocycles. The van der Waals surface area contributed by atoms with E-state index in [0.29, 0.717) is 6.61 Å². The minimum atomic E-state index is -0.185. The highest BCUT2D eigenvalue weighted by atomic mass is 16.5. The predicted molar refractivity (Wildman–Crippen MR) is 93.2 cm³/mol. The number of esters is 1. The summed E-state index contributed by atoms with van der Waals surface area (Å²) in [6.45, 7) is 3.19. The summed E-state index contributed by atoms with van der Waals surface area (Å²) < 4.78 is 5.13. The Morgan fingerprint density at radius 1 is 1.13 bits per heavy atom. The Hall–Kier alpha value is -2.55. The molecule has 0 aromatic heterocycles. The minimum absolute atomic E-state index is 0.185. The van der Waals surface area contributed by atoms with Gasteiger partial charge in [-0.1, -0.05) is 48.5 Å². The van der Waals surface area contributed by atoms with Crippen LogP contribution in [0.25, 0.3) is 5.57 Å². The van der Waals surface area contributed by atoms with Gasteiger partial charge in [-0.15, -0.1) is 0 Å². The zero-order chi connectivity index (χ0) is 16.1. The normalized spacial score (nSPS) is 13.8. The van der Waals surface area contributed by atoms with Gasteiger partial charge in [-0.3, -0.25) is 4.79 Å². The second-order valence-corrected chi connectivity index (χ2v) is 5.57. The summed E-state index contributed by atoms with van der Waals surface area (Å²) in [5.74, 6) is -0.185. The van der Waals surface area contributed by atoms with E-state index < -0.39 is 0 Å². The highest BCUT2D eigenvalue weighted by Crippen LogP contribution is 2.30. The molecule has 0 saturated carbocycles. The molecule has 118 valence electrons. The Balaban J connectivity index is 1.91. The van der Waals surface area contributed by atoms with E-state index in [0.717, 1.165) is 24.1 Å². The zero-order valence-corrected chi connectivity index (χ0v) is 13.4. The minimum Gasteiger partial charge on any atom is -0.466 e. The molecule has 3 nitrogen and oxygen atoms in total. The zero-order valence-electron chi connectivity index (χ0n) is 13.4. The Labute approximate surface area is 137 Å². The lowest BCUT2D eigenvalue weighted by Crippen LogP contribution is -2.14. The first-order chi connectivity index (χ1) is 11.3. The summed E-state index contributed by atoms with van der Waals surface area (Å²) in [6.07, 6.45) is 3.42. The summed E-state index contributed by atoms with van der Waals surface area (Å²) in [6, 6.07) is 18.5. The maximum atomic E-state index is 12.0. The van der Waals surface area contributed by atoms with Gasteiger partial charge < -0.3 is 9.64 Å². The van der Waals surface area contributed by atoms with Crippen LogP contribution in [0.4, 0.5) is 5.69 Å². The first kappa shape index (κ1) is 15.3. The highest BCUT2D eigenvalue weighted by molar-refractivity contribution is 5.86. The maximum absolute atomic E-state index is 12.0. The molecule has 0 atom stereocenters. The molecule has 0 aliphatic carbocycles. The molecule has 0 spiro atoms. The highest BCUT2D eigenvalue weighted by Gasteiger charge is 2.18. The van der Waals surface area contributed by atoms with Crippen LogP contribution in [0.2, 0.25) is 0 Å². The lowest BCUT2D eigenvalue weighted by atomic mass is 10.0. The summed E-state index contributed by atoms with van der Waals surface area (Å²) in [5, 5.41) is 0. The van der Waals surface area contributed by atoms with Crippen LogP contribution in [0.15, 0.2) is 60.8 Å². The van der Waals surface area contributed by atoms with Crippen LogP contribution >= 0.6 is 0 Å². The van der Waals surface area contributed by atoms with E-state index in [2.05, 4.69) is 35.4 Å². The number of benzene rings is 2. The number of para-hydroxylation sites is 1. The molecule has 1 aliphatic heterocycles. The Morgan fingerprint density at radius 3 is 2.65 bits per heavy atom. The number of hydrogen-bond donors (Lipinski definition) is 0. The molecule has 23 heavy (non-hydrogen) atoms. The molecule has 2 aromatic carbocycles. The summed E-state index contributed by atoms with van der Waals surface area (Å²) >= 11 is 0. The van der Waals surface area contributed by atoms with Gasteiger partial charge in [-0.2, -0.15) is 0 Å². The van der Waals surface area contributed by atoms with Crippen molar-refractivity contribution < 1.29 is 9.53 Å². The first-order valence-electron chi connectivity index (χ1n) is 8.04. The molecule has 2 aromatic rings. The van der Waals surface area contributed by atoms with Crippen LogP contribution in [0, 0.1) is 0 Å².